The number of hydrogen-bond acceptors (Lipinski definition) is 5. The van der Waals surface area contributed by atoms with E-state index in [1.54, 1.807) is 35.5 Å². The number of ether oxygens (including phenoxy) is 1. The van der Waals surface area contributed by atoms with Crippen LogP contribution in [0.5, 0.6) is 5.75 Å². The predicted octanol–water partition coefficient (Wildman–Crippen LogP) is 2.29. The maximum absolute atomic E-state index is 12.5. The topological polar surface area (TPSA) is 83.0 Å². The third-order valence-electron chi connectivity index (χ3n) is 4.56. The van der Waals surface area contributed by atoms with Gasteiger partial charge in [0, 0.05) is 38.6 Å². The van der Waals surface area contributed by atoms with Crippen molar-refractivity contribution < 1.29 is 19.4 Å². The van der Waals surface area contributed by atoms with Crippen LogP contribution in [0.25, 0.3) is 0 Å². The first-order valence-corrected chi connectivity index (χ1v) is 8.84. The normalized spacial score (nSPS) is 14.7. The van der Waals surface area contributed by atoms with Crippen molar-refractivity contribution in [2.24, 2.45) is 0 Å². The van der Waals surface area contributed by atoms with E-state index < -0.39 is 11.6 Å². The highest BCUT2D eigenvalue weighted by atomic mass is 16.5. The highest BCUT2D eigenvalue weighted by molar-refractivity contribution is 5.94. The van der Waals surface area contributed by atoms with Crippen LogP contribution in [0.3, 0.4) is 0 Å². The van der Waals surface area contributed by atoms with Gasteiger partial charge in [-0.1, -0.05) is 12.1 Å². The van der Waals surface area contributed by atoms with Crippen molar-refractivity contribution in [3.63, 3.8) is 0 Å². The summed E-state index contributed by atoms with van der Waals surface area (Å²) in [4.78, 5) is 31.8. The minimum Gasteiger partial charge on any atom is -0.478 e. The van der Waals surface area contributed by atoms with E-state index in [0.717, 1.165) is 5.69 Å². The number of carboxylic acids is 1. The first-order chi connectivity index (χ1) is 12.9. The average molecular weight is 369 g/mol. The highest BCUT2D eigenvalue weighted by Gasteiger charge is 2.31. The molecule has 0 atom stereocenters. The molecule has 7 heteroatoms. The van der Waals surface area contributed by atoms with Gasteiger partial charge in [0.05, 0.1) is 11.3 Å². The predicted molar refractivity (Wildman–Crippen MR) is 101 cm³/mol. The molecule has 0 saturated carbocycles. The lowest BCUT2D eigenvalue weighted by Crippen LogP contribution is -2.49. The van der Waals surface area contributed by atoms with E-state index in [1.165, 1.54) is 13.8 Å². The number of aliphatic carboxylic acids is 1. The standard InChI is InChI=1S/C20H23N3O4/c1-20(2,19(25)26)27-17-8-4-3-7-16(17)22-10-12-23(13-11-22)18(24)15-6-5-9-21-14-15/h3-9,14H,10-13H2,1-2H3,(H,25,26). The third-order valence-corrected chi connectivity index (χ3v) is 4.56. The third kappa shape index (κ3) is 4.19. The molecule has 1 aliphatic rings. The van der Waals surface area contributed by atoms with Gasteiger partial charge in [-0.25, -0.2) is 4.79 Å². The van der Waals surface area contributed by atoms with E-state index >= 15 is 0 Å². The van der Waals surface area contributed by atoms with Gasteiger partial charge in [-0.05, 0) is 38.1 Å². The second-order valence-electron chi connectivity index (χ2n) is 6.91. The van der Waals surface area contributed by atoms with E-state index in [9.17, 15) is 14.7 Å². The Morgan fingerprint density at radius 2 is 1.78 bits per heavy atom. The second-order valence-corrected chi connectivity index (χ2v) is 6.91. The Bertz CT molecular complexity index is 815. The van der Waals surface area contributed by atoms with E-state index in [1.807, 2.05) is 18.2 Å². The molecule has 142 valence electrons. The first kappa shape index (κ1) is 18.7. The molecule has 2 heterocycles. The Hall–Kier alpha value is -3.09. The van der Waals surface area contributed by atoms with Crippen LogP contribution >= 0.6 is 0 Å². The van der Waals surface area contributed by atoms with Gasteiger partial charge in [0.15, 0.2) is 5.60 Å². The number of piperazine rings is 1. The summed E-state index contributed by atoms with van der Waals surface area (Å²) in [6, 6.07) is 10.9. The number of anilines is 1. The second kappa shape index (κ2) is 7.65. The molecule has 0 radical (unpaired) electrons. The molecule has 2 aromatic rings. The SMILES string of the molecule is CC(C)(Oc1ccccc1N1CCN(C(=O)c2cccnc2)CC1)C(=O)O. The zero-order valence-electron chi connectivity index (χ0n) is 15.5. The summed E-state index contributed by atoms with van der Waals surface area (Å²) in [5, 5.41) is 9.32. The minimum absolute atomic E-state index is 0.0284. The molecule has 1 aliphatic heterocycles. The van der Waals surface area contributed by atoms with Crippen LogP contribution in [-0.4, -0.2) is 58.6 Å². The quantitative estimate of drug-likeness (QED) is 0.871. The smallest absolute Gasteiger partial charge is 0.347 e. The van der Waals surface area contributed by atoms with E-state index in [0.29, 0.717) is 37.5 Å². The molecule has 1 aromatic heterocycles. The van der Waals surface area contributed by atoms with Gasteiger partial charge in [-0.2, -0.15) is 0 Å². The Morgan fingerprint density at radius 3 is 2.41 bits per heavy atom. The summed E-state index contributed by atoms with van der Waals surface area (Å²) in [6.07, 6.45) is 3.22. The summed E-state index contributed by atoms with van der Waals surface area (Å²) in [5.41, 5.74) is 0.0898. The highest BCUT2D eigenvalue weighted by Crippen LogP contribution is 2.32. The van der Waals surface area contributed by atoms with Crippen LogP contribution in [0.15, 0.2) is 48.8 Å². The van der Waals surface area contributed by atoms with Crippen molar-refractivity contribution >= 4 is 17.6 Å². The molecule has 0 aliphatic carbocycles. The van der Waals surface area contributed by atoms with Crippen LogP contribution in [0.4, 0.5) is 5.69 Å². The van der Waals surface area contributed by atoms with Crippen molar-refractivity contribution in [1.82, 2.24) is 9.88 Å². The summed E-state index contributed by atoms with van der Waals surface area (Å²) in [5.74, 6) is -0.527. The molecule has 1 N–H and O–H groups in total. The number of carbonyl (C=O) groups is 2. The summed E-state index contributed by atoms with van der Waals surface area (Å²) < 4.78 is 5.76. The van der Waals surface area contributed by atoms with E-state index in [-0.39, 0.29) is 5.91 Å². The first-order valence-electron chi connectivity index (χ1n) is 8.84. The molecular weight excluding hydrogens is 346 g/mol. The van der Waals surface area contributed by atoms with E-state index in [2.05, 4.69) is 9.88 Å². The van der Waals surface area contributed by atoms with Gasteiger partial charge in [-0.15, -0.1) is 0 Å². The number of aromatic nitrogens is 1. The number of carboxylic acid groups (broad SMARTS) is 1. The number of para-hydroxylation sites is 2. The largest absolute Gasteiger partial charge is 0.478 e. The summed E-state index contributed by atoms with van der Waals surface area (Å²) in [6.45, 7) is 5.47. The maximum atomic E-state index is 12.5. The molecule has 3 rings (SSSR count). The summed E-state index contributed by atoms with van der Waals surface area (Å²) >= 11 is 0. The van der Waals surface area contributed by atoms with Gasteiger partial charge in [0.2, 0.25) is 0 Å². The molecular formula is C20H23N3O4. The maximum Gasteiger partial charge on any atom is 0.347 e. The Kier molecular flexibility index (Phi) is 5.30. The van der Waals surface area contributed by atoms with Crippen LogP contribution in [0.2, 0.25) is 0 Å². The lowest BCUT2D eigenvalue weighted by molar-refractivity contribution is -0.152. The van der Waals surface area contributed by atoms with Gasteiger partial charge in [-0.3, -0.25) is 9.78 Å². The lowest BCUT2D eigenvalue weighted by atomic mass is 10.1. The summed E-state index contributed by atoms with van der Waals surface area (Å²) in [7, 11) is 0. The van der Waals surface area contributed by atoms with Gasteiger partial charge in [0.1, 0.15) is 5.75 Å². The molecule has 1 saturated heterocycles. The van der Waals surface area contributed by atoms with Crippen LogP contribution < -0.4 is 9.64 Å². The van der Waals surface area contributed by atoms with Crippen molar-refractivity contribution in [2.45, 2.75) is 19.4 Å². The molecule has 0 spiro atoms. The van der Waals surface area contributed by atoms with Gasteiger partial charge < -0.3 is 19.6 Å². The minimum atomic E-state index is -1.33. The molecule has 27 heavy (non-hydrogen) atoms. The zero-order valence-corrected chi connectivity index (χ0v) is 15.5. The number of hydrogen-bond donors (Lipinski definition) is 1. The molecule has 1 amide bonds. The van der Waals surface area contributed by atoms with Crippen molar-refractivity contribution in [3.8, 4) is 5.75 Å². The Labute approximate surface area is 158 Å². The number of amides is 1. The fourth-order valence-corrected chi connectivity index (χ4v) is 2.95. The number of rotatable bonds is 5. The average Bonchev–Trinajstić information content (AvgIpc) is 2.68. The van der Waals surface area contributed by atoms with Crippen molar-refractivity contribution in [1.29, 1.82) is 0 Å². The van der Waals surface area contributed by atoms with Crippen LogP contribution in [0.1, 0.15) is 24.2 Å². The van der Waals surface area contributed by atoms with E-state index in [4.69, 9.17) is 4.74 Å². The number of nitrogens with zero attached hydrogens (tertiary/aromatic N) is 3. The number of carbonyl (C=O) groups excluding carboxylic acids is 1. The fraction of sp³-hybridized carbons (Fsp3) is 0.350. The number of benzene rings is 1. The van der Waals surface area contributed by atoms with Gasteiger partial charge >= 0.3 is 5.97 Å². The number of pyridine rings is 1. The monoisotopic (exact) mass is 369 g/mol. The lowest BCUT2D eigenvalue weighted by Gasteiger charge is -2.37. The van der Waals surface area contributed by atoms with Gasteiger partial charge in [0.25, 0.3) is 5.91 Å². The van der Waals surface area contributed by atoms with Crippen molar-refractivity contribution in [3.05, 3.63) is 54.4 Å². The fourth-order valence-electron chi connectivity index (χ4n) is 2.95. The zero-order chi connectivity index (χ0) is 19.4. The molecule has 0 bridgehead atoms. The molecule has 0 unspecified atom stereocenters. The molecule has 1 aromatic carbocycles. The van der Waals surface area contributed by atoms with Crippen LogP contribution in [0, 0.1) is 0 Å². The van der Waals surface area contributed by atoms with Crippen molar-refractivity contribution in [2.75, 3.05) is 31.1 Å². The Morgan fingerprint density at radius 1 is 1.07 bits per heavy atom. The molecule has 7 nitrogen and oxygen atoms in total. The Balaban J connectivity index is 1.70. The molecule has 1 fully saturated rings. The van der Waals surface area contributed by atoms with Crippen LogP contribution in [-0.2, 0) is 4.79 Å².